The molecule has 3 heteroatoms. The number of aldehydes is 1. The van der Waals surface area contributed by atoms with Crippen LogP contribution in [0.5, 0.6) is 0 Å². The Morgan fingerprint density at radius 3 is 2.31 bits per heavy atom. The molecule has 1 aromatic carbocycles. The molecule has 13 heavy (non-hydrogen) atoms. The molecule has 0 spiro atoms. The van der Waals surface area contributed by atoms with E-state index in [1.807, 2.05) is 0 Å². The molecule has 1 rings (SSSR count). The highest BCUT2D eigenvalue weighted by Gasteiger charge is 2.14. The number of hydrogen-bond acceptors (Lipinski definition) is 3. The zero-order chi connectivity index (χ0) is 9.68. The van der Waals surface area contributed by atoms with Gasteiger partial charge in [0.05, 0.1) is 6.42 Å². The number of carbonyl (C=O) groups is 3. The Morgan fingerprint density at radius 1 is 1.15 bits per heavy atom. The third-order valence-corrected chi connectivity index (χ3v) is 1.56. The first-order valence-electron chi connectivity index (χ1n) is 3.82. The van der Waals surface area contributed by atoms with E-state index in [1.165, 1.54) is 0 Å². The second-order valence-electron chi connectivity index (χ2n) is 2.49. The van der Waals surface area contributed by atoms with Crippen molar-refractivity contribution in [3.63, 3.8) is 0 Å². The fourth-order valence-corrected chi connectivity index (χ4v) is 0.919. The highest BCUT2D eigenvalue weighted by molar-refractivity contribution is 6.45. The maximum Gasteiger partial charge on any atom is 0.229 e. The fourth-order valence-electron chi connectivity index (χ4n) is 0.919. The first-order valence-corrected chi connectivity index (χ1v) is 3.82. The van der Waals surface area contributed by atoms with E-state index in [1.54, 1.807) is 30.3 Å². The minimum absolute atomic E-state index is 0.328. The van der Waals surface area contributed by atoms with Gasteiger partial charge in [0.1, 0.15) is 6.29 Å². The van der Waals surface area contributed by atoms with E-state index in [-0.39, 0.29) is 6.42 Å². The van der Waals surface area contributed by atoms with E-state index in [0.29, 0.717) is 11.8 Å². The molecule has 0 bridgehead atoms. The Balaban J connectivity index is 2.80. The second-order valence-corrected chi connectivity index (χ2v) is 2.49. The SMILES string of the molecule is O=CCC(=O)C(=O)c1ccccc1. The lowest BCUT2D eigenvalue weighted by atomic mass is 10.1. The van der Waals surface area contributed by atoms with Gasteiger partial charge < -0.3 is 4.79 Å². The Hall–Kier alpha value is -1.77. The quantitative estimate of drug-likeness (QED) is 0.298. The molecule has 0 aromatic heterocycles. The van der Waals surface area contributed by atoms with Crippen molar-refractivity contribution in [2.24, 2.45) is 0 Å². The molecular formula is C10H8O3. The minimum Gasteiger partial charge on any atom is -0.303 e. The van der Waals surface area contributed by atoms with E-state index in [9.17, 15) is 14.4 Å². The van der Waals surface area contributed by atoms with Crippen LogP contribution in [0.2, 0.25) is 0 Å². The molecule has 0 amide bonds. The normalized spacial score (nSPS) is 9.23. The Bertz CT molecular complexity index is 327. The summed E-state index contributed by atoms with van der Waals surface area (Å²) >= 11 is 0. The van der Waals surface area contributed by atoms with Gasteiger partial charge in [0.15, 0.2) is 0 Å². The molecule has 0 unspecified atom stereocenters. The Kier molecular flexibility index (Phi) is 3.09. The number of rotatable bonds is 4. The Morgan fingerprint density at radius 2 is 1.77 bits per heavy atom. The lowest BCUT2D eigenvalue weighted by molar-refractivity contribution is -0.119. The van der Waals surface area contributed by atoms with E-state index in [2.05, 4.69) is 0 Å². The average Bonchev–Trinajstić information content (AvgIpc) is 2.18. The van der Waals surface area contributed by atoms with Gasteiger partial charge in [-0.25, -0.2) is 0 Å². The number of carbonyl (C=O) groups excluding carboxylic acids is 3. The van der Waals surface area contributed by atoms with Gasteiger partial charge in [-0.1, -0.05) is 30.3 Å². The zero-order valence-corrected chi connectivity index (χ0v) is 6.90. The van der Waals surface area contributed by atoms with Crippen molar-refractivity contribution < 1.29 is 14.4 Å². The van der Waals surface area contributed by atoms with Gasteiger partial charge in [0, 0.05) is 5.56 Å². The Labute approximate surface area is 75.4 Å². The predicted molar refractivity (Wildman–Crippen MR) is 46.5 cm³/mol. The number of benzene rings is 1. The highest BCUT2D eigenvalue weighted by atomic mass is 16.2. The summed E-state index contributed by atoms with van der Waals surface area (Å²) in [5.41, 5.74) is 0.328. The number of hydrogen-bond donors (Lipinski definition) is 0. The molecule has 0 heterocycles. The molecule has 1 aromatic rings. The molecule has 0 atom stereocenters. The summed E-state index contributed by atoms with van der Waals surface area (Å²) in [6.45, 7) is 0. The monoisotopic (exact) mass is 176 g/mol. The molecular weight excluding hydrogens is 168 g/mol. The average molecular weight is 176 g/mol. The van der Waals surface area contributed by atoms with Crippen LogP contribution >= 0.6 is 0 Å². The van der Waals surface area contributed by atoms with Crippen LogP contribution in [0.1, 0.15) is 16.8 Å². The summed E-state index contributed by atoms with van der Waals surface area (Å²) in [4.78, 5) is 32.2. The van der Waals surface area contributed by atoms with Crippen molar-refractivity contribution in [2.75, 3.05) is 0 Å². The molecule has 3 nitrogen and oxygen atoms in total. The van der Waals surface area contributed by atoms with E-state index in [4.69, 9.17) is 0 Å². The van der Waals surface area contributed by atoms with Crippen molar-refractivity contribution in [1.29, 1.82) is 0 Å². The molecule has 0 N–H and O–H groups in total. The maximum absolute atomic E-state index is 11.2. The van der Waals surface area contributed by atoms with Crippen molar-refractivity contribution in [1.82, 2.24) is 0 Å². The summed E-state index contributed by atoms with van der Waals surface area (Å²) in [6.07, 6.45) is 0.0941. The van der Waals surface area contributed by atoms with Crippen LogP contribution in [0.3, 0.4) is 0 Å². The predicted octanol–water partition coefficient (Wildman–Crippen LogP) is 1.03. The third-order valence-electron chi connectivity index (χ3n) is 1.56. The van der Waals surface area contributed by atoms with Crippen LogP contribution in [0.15, 0.2) is 30.3 Å². The van der Waals surface area contributed by atoms with Gasteiger partial charge >= 0.3 is 0 Å². The molecule has 0 saturated heterocycles. The van der Waals surface area contributed by atoms with Crippen LogP contribution < -0.4 is 0 Å². The minimum atomic E-state index is -0.666. The van der Waals surface area contributed by atoms with Crippen molar-refractivity contribution in [3.8, 4) is 0 Å². The summed E-state index contributed by atoms with van der Waals surface area (Å²) in [6, 6.07) is 8.18. The lowest BCUT2D eigenvalue weighted by Gasteiger charge is -1.95. The van der Waals surface area contributed by atoms with Crippen molar-refractivity contribution in [2.45, 2.75) is 6.42 Å². The molecule has 0 aliphatic rings. The van der Waals surface area contributed by atoms with Gasteiger partial charge in [-0.15, -0.1) is 0 Å². The van der Waals surface area contributed by atoms with Crippen LogP contribution in [0, 0.1) is 0 Å². The molecule has 0 aliphatic heterocycles. The standard InChI is InChI=1S/C10H8O3/c11-7-6-9(12)10(13)8-4-2-1-3-5-8/h1-5,7H,6H2. The smallest absolute Gasteiger partial charge is 0.229 e. The van der Waals surface area contributed by atoms with E-state index in [0.717, 1.165) is 0 Å². The molecule has 0 saturated carbocycles. The second kappa shape index (κ2) is 4.30. The van der Waals surface area contributed by atoms with Gasteiger partial charge in [-0.3, -0.25) is 9.59 Å². The van der Waals surface area contributed by atoms with Crippen LogP contribution in [0.25, 0.3) is 0 Å². The topological polar surface area (TPSA) is 51.2 Å². The summed E-state index contributed by atoms with van der Waals surface area (Å²) < 4.78 is 0. The number of ketones is 2. The van der Waals surface area contributed by atoms with E-state index < -0.39 is 11.6 Å². The van der Waals surface area contributed by atoms with Gasteiger partial charge in [-0.05, 0) is 0 Å². The third kappa shape index (κ3) is 2.33. The number of Topliss-reactive ketones (excluding diaryl/α,β-unsaturated/α-hetero) is 2. The first-order chi connectivity index (χ1) is 6.25. The van der Waals surface area contributed by atoms with Gasteiger partial charge in [0.25, 0.3) is 0 Å². The summed E-state index contributed by atoms with van der Waals surface area (Å²) in [5, 5.41) is 0. The first kappa shape index (κ1) is 9.32. The van der Waals surface area contributed by atoms with Gasteiger partial charge in [0.2, 0.25) is 11.6 Å². The van der Waals surface area contributed by atoms with Crippen LogP contribution in [-0.2, 0) is 9.59 Å². The molecule has 66 valence electrons. The maximum atomic E-state index is 11.2. The van der Waals surface area contributed by atoms with Gasteiger partial charge in [-0.2, -0.15) is 0 Å². The van der Waals surface area contributed by atoms with Crippen molar-refractivity contribution in [3.05, 3.63) is 35.9 Å². The molecule has 0 fully saturated rings. The van der Waals surface area contributed by atoms with Crippen LogP contribution in [0.4, 0.5) is 0 Å². The highest BCUT2D eigenvalue weighted by Crippen LogP contribution is 2.01. The fraction of sp³-hybridized carbons (Fsp3) is 0.100. The van der Waals surface area contributed by atoms with Crippen LogP contribution in [-0.4, -0.2) is 17.9 Å². The van der Waals surface area contributed by atoms with E-state index >= 15 is 0 Å². The molecule has 0 radical (unpaired) electrons. The summed E-state index contributed by atoms with van der Waals surface area (Å²) in [5.74, 6) is -1.27. The molecule has 0 aliphatic carbocycles. The summed E-state index contributed by atoms with van der Waals surface area (Å²) in [7, 11) is 0. The van der Waals surface area contributed by atoms with Crippen molar-refractivity contribution >= 4 is 17.9 Å². The largest absolute Gasteiger partial charge is 0.303 e. The lowest BCUT2D eigenvalue weighted by Crippen LogP contribution is -2.13. The zero-order valence-electron chi connectivity index (χ0n) is 6.90.